The van der Waals surface area contributed by atoms with Gasteiger partial charge in [-0.25, -0.2) is 18.1 Å². The molecule has 0 spiro atoms. The van der Waals surface area contributed by atoms with Crippen molar-refractivity contribution in [2.75, 3.05) is 18.9 Å². The minimum Gasteiger partial charge on any atom is -0.346 e. The van der Waals surface area contributed by atoms with Gasteiger partial charge in [-0.15, -0.1) is 0 Å². The van der Waals surface area contributed by atoms with E-state index in [0.29, 0.717) is 13.0 Å². The Kier molecular flexibility index (Phi) is 5.31. The van der Waals surface area contributed by atoms with Crippen LogP contribution in [0.2, 0.25) is 0 Å². The molecule has 0 bridgehead atoms. The van der Waals surface area contributed by atoms with E-state index in [1.54, 1.807) is 32.7 Å². The molecule has 1 unspecified atom stereocenters. The number of likely N-dealkylation sites (tertiary alicyclic amines) is 1. The van der Waals surface area contributed by atoms with E-state index < -0.39 is 21.5 Å². The second-order valence-corrected chi connectivity index (χ2v) is 9.77. The number of carbonyl (C=O) groups excluding carboxylic acids is 2. The number of piperidine rings is 1. The van der Waals surface area contributed by atoms with Crippen LogP contribution < -0.4 is 10.0 Å². The largest absolute Gasteiger partial charge is 0.346 e. The molecular weight excluding hydrogens is 352 g/mol. The molecule has 2 N–H and O–H groups in total. The number of anilines is 1. The van der Waals surface area contributed by atoms with Crippen LogP contribution in [0.5, 0.6) is 0 Å². The summed E-state index contributed by atoms with van der Waals surface area (Å²) in [6.45, 7) is 5.76. The summed E-state index contributed by atoms with van der Waals surface area (Å²) in [6.07, 6.45) is 1.95. The Morgan fingerprint density at radius 2 is 2.08 bits per heavy atom. The highest BCUT2D eigenvalue weighted by atomic mass is 32.2. The van der Waals surface area contributed by atoms with Crippen molar-refractivity contribution in [1.29, 1.82) is 0 Å². The average Bonchev–Trinajstić information content (AvgIpc) is 2.88. The van der Waals surface area contributed by atoms with Gasteiger partial charge in [-0.2, -0.15) is 0 Å². The Morgan fingerprint density at radius 1 is 1.42 bits per heavy atom. The first-order chi connectivity index (χ1) is 11.0. The lowest BCUT2D eigenvalue weighted by Gasteiger charge is -2.27. The molecule has 8 nitrogen and oxygen atoms in total. The smallest absolute Gasteiger partial charge is 0.252 e. The van der Waals surface area contributed by atoms with Gasteiger partial charge in [-0.3, -0.25) is 9.59 Å². The maximum Gasteiger partial charge on any atom is 0.252 e. The van der Waals surface area contributed by atoms with Gasteiger partial charge >= 0.3 is 0 Å². The fraction of sp³-hybridized carbons (Fsp3) is 0.643. The highest BCUT2D eigenvalue weighted by molar-refractivity contribution is 7.91. The maximum absolute atomic E-state index is 12.2. The van der Waals surface area contributed by atoms with E-state index in [9.17, 15) is 18.0 Å². The van der Waals surface area contributed by atoms with E-state index in [0.717, 1.165) is 11.3 Å². The van der Waals surface area contributed by atoms with E-state index >= 15 is 0 Å². The van der Waals surface area contributed by atoms with Gasteiger partial charge < -0.3 is 10.2 Å². The quantitative estimate of drug-likeness (QED) is 0.818. The first kappa shape index (κ1) is 18.8. The summed E-state index contributed by atoms with van der Waals surface area (Å²) in [4.78, 5) is 29.4. The van der Waals surface area contributed by atoms with Crippen LogP contribution in [0.25, 0.3) is 0 Å². The molecule has 1 fully saturated rings. The van der Waals surface area contributed by atoms with E-state index in [2.05, 4.69) is 15.0 Å². The van der Waals surface area contributed by atoms with Crippen molar-refractivity contribution >= 4 is 38.3 Å². The molecule has 134 valence electrons. The van der Waals surface area contributed by atoms with E-state index in [-0.39, 0.29) is 27.6 Å². The topological polar surface area (TPSA) is 108 Å². The average molecular weight is 374 g/mol. The molecule has 0 saturated carbocycles. The van der Waals surface area contributed by atoms with Crippen LogP contribution in [-0.4, -0.2) is 49.2 Å². The number of carbonyl (C=O) groups is 2. The molecule has 1 aliphatic heterocycles. The molecule has 24 heavy (non-hydrogen) atoms. The van der Waals surface area contributed by atoms with Crippen LogP contribution in [0.4, 0.5) is 5.13 Å². The minimum atomic E-state index is -3.68. The van der Waals surface area contributed by atoms with E-state index in [1.165, 1.54) is 6.20 Å². The van der Waals surface area contributed by atoms with Gasteiger partial charge in [0.15, 0.2) is 9.34 Å². The predicted octanol–water partition coefficient (Wildman–Crippen LogP) is 1.03. The number of rotatable bonds is 4. The molecule has 1 aliphatic rings. The van der Waals surface area contributed by atoms with E-state index in [4.69, 9.17) is 0 Å². The predicted molar refractivity (Wildman–Crippen MR) is 91.2 cm³/mol. The van der Waals surface area contributed by atoms with Crippen LogP contribution in [-0.2, 0) is 19.6 Å². The number of amides is 2. The number of thiazole rings is 1. The zero-order valence-corrected chi connectivity index (χ0v) is 15.8. The summed E-state index contributed by atoms with van der Waals surface area (Å²) in [5, 5.41) is 2.82. The number of hydrogen-bond acceptors (Lipinski definition) is 6. The highest BCUT2D eigenvalue weighted by Gasteiger charge is 2.30. The molecule has 0 aromatic carbocycles. The summed E-state index contributed by atoms with van der Waals surface area (Å²) in [6, 6.07) is 0. The van der Waals surface area contributed by atoms with Crippen LogP contribution in [0.15, 0.2) is 10.4 Å². The lowest BCUT2D eigenvalue weighted by atomic mass is 9.96. The van der Waals surface area contributed by atoms with Crippen molar-refractivity contribution in [2.45, 2.75) is 43.4 Å². The number of hydrogen-bond donors (Lipinski definition) is 2. The highest BCUT2D eigenvalue weighted by Crippen LogP contribution is 2.25. The monoisotopic (exact) mass is 374 g/mol. The molecule has 0 aliphatic carbocycles. The molecule has 2 heterocycles. The molecule has 1 saturated heterocycles. The Bertz CT molecular complexity index is 736. The Balaban J connectivity index is 2.04. The third-order valence-corrected chi connectivity index (χ3v) is 6.58. The van der Waals surface area contributed by atoms with Crippen LogP contribution >= 0.6 is 11.3 Å². The van der Waals surface area contributed by atoms with Crippen molar-refractivity contribution in [3.63, 3.8) is 0 Å². The third-order valence-electron chi connectivity index (χ3n) is 3.45. The molecule has 0 radical (unpaired) electrons. The van der Waals surface area contributed by atoms with Gasteiger partial charge in [0.1, 0.15) is 0 Å². The van der Waals surface area contributed by atoms with Gasteiger partial charge in [0.05, 0.1) is 6.20 Å². The second kappa shape index (κ2) is 6.77. The standard InChI is InChI=1S/C14H22N4O4S2/c1-14(2,3)17-24(21,22)11-8-15-13(23-11)16-12(20)9-5-6-18(4)10(19)7-9/h8-9,17H,5-7H2,1-4H3,(H,15,16,20). The van der Waals surface area contributed by atoms with Crippen molar-refractivity contribution in [3.05, 3.63) is 6.20 Å². The van der Waals surface area contributed by atoms with Crippen molar-refractivity contribution < 1.29 is 18.0 Å². The maximum atomic E-state index is 12.2. The summed E-state index contributed by atoms with van der Waals surface area (Å²) in [5.74, 6) is -0.790. The van der Waals surface area contributed by atoms with Crippen molar-refractivity contribution in [1.82, 2.24) is 14.6 Å². The molecule has 2 rings (SSSR count). The molecule has 1 aromatic rings. The number of nitrogens with zero attached hydrogens (tertiary/aromatic N) is 2. The first-order valence-electron chi connectivity index (χ1n) is 7.52. The summed E-state index contributed by atoms with van der Waals surface area (Å²) in [7, 11) is -1.97. The fourth-order valence-corrected chi connectivity index (χ4v) is 4.72. The van der Waals surface area contributed by atoms with E-state index in [1.807, 2.05) is 0 Å². The zero-order valence-electron chi connectivity index (χ0n) is 14.1. The fourth-order valence-electron chi connectivity index (χ4n) is 2.27. The SMILES string of the molecule is CN1CCC(C(=O)Nc2ncc(S(=O)(=O)NC(C)(C)C)s2)CC1=O. The van der Waals surface area contributed by atoms with Crippen molar-refractivity contribution in [2.24, 2.45) is 5.92 Å². The summed E-state index contributed by atoms with van der Waals surface area (Å²) >= 11 is 0.885. The lowest BCUT2D eigenvalue weighted by molar-refractivity contribution is -0.137. The van der Waals surface area contributed by atoms with Gasteiger partial charge in [0.25, 0.3) is 10.0 Å². The number of aromatic nitrogens is 1. The number of nitrogens with one attached hydrogen (secondary N) is 2. The first-order valence-corrected chi connectivity index (χ1v) is 9.82. The molecule has 1 aromatic heterocycles. The third kappa shape index (κ3) is 4.74. The number of sulfonamides is 1. The summed E-state index contributed by atoms with van der Waals surface area (Å²) < 4.78 is 27.0. The van der Waals surface area contributed by atoms with Crippen molar-refractivity contribution in [3.8, 4) is 0 Å². The molecular formula is C14H22N4O4S2. The van der Waals surface area contributed by atoms with Gasteiger partial charge in [0.2, 0.25) is 11.8 Å². The van der Waals surface area contributed by atoms with Gasteiger partial charge in [-0.1, -0.05) is 11.3 Å². The van der Waals surface area contributed by atoms with Crippen LogP contribution in [0.1, 0.15) is 33.6 Å². The minimum absolute atomic E-state index is 0.0344. The summed E-state index contributed by atoms with van der Waals surface area (Å²) in [5.41, 5.74) is -0.610. The lowest BCUT2D eigenvalue weighted by Crippen LogP contribution is -2.40. The van der Waals surface area contributed by atoms with Gasteiger partial charge in [-0.05, 0) is 27.2 Å². The Hall–Kier alpha value is -1.52. The normalized spacial score (nSPS) is 19.4. The van der Waals surface area contributed by atoms with Crippen LogP contribution in [0, 0.1) is 5.92 Å². The Morgan fingerprint density at radius 3 is 2.67 bits per heavy atom. The Labute approximate surface area is 145 Å². The zero-order chi connectivity index (χ0) is 18.1. The van der Waals surface area contributed by atoms with Gasteiger partial charge in [0, 0.05) is 31.5 Å². The van der Waals surface area contributed by atoms with Crippen LogP contribution in [0.3, 0.4) is 0 Å². The molecule has 2 amide bonds. The molecule has 1 atom stereocenters. The second-order valence-electron chi connectivity index (χ2n) is 6.83. The molecule has 10 heteroatoms.